The van der Waals surface area contributed by atoms with Crippen LogP contribution in [0.2, 0.25) is 0 Å². The highest BCUT2D eigenvalue weighted by Crippen LogP contribution is 2.14. The second-order valence-corrected chi connectivity index (χ2v) is 3.67. The van der Waals surface area contributed by atoms with Crippen LogP contribution in [0, 0.1) is 6.92 Å². The van der Waals surface area contributed by atoms with Crippen molar-refractivity contribution in [3.8, 4) is 0 Å². The molecule has 0 radical (unpaired) electrons. The van der Waals surface area contributed by atoms with Gasteiger partial charge in [0.05, 0.1) is 11.2 Å². The number of nitrogens with zero attached hydrogens (tertiary/aromatic N) is 1. The minimum Gasteiger partial charge on any atom is -0.366 e. The van der Waals surface area contributed by atoms with Gasteiger partial charge >= 0.3 is 0 Å². The predicted octanol–water partition coefficient (Wildman–Crippen LogP) is 2.04. The van der Waals surface area contributed by atoms with Crippen molar-refractivity contribution in [2.75, 3.05) is 0 Å². The van der Waals surface area contributed by atoms with Crippen LogP contribution in [-0.2, 0) is 4.79 Å². The van der Waals surface area contributed by atoms with Crippen LogP contribution in [0.3, 0.4) is 0 Å². The molecule has 2 N–H and O–H groups in total. The molecule has 0 spiro atoms. The van der Waals surface area contributed by atoms with Crippen molar-refractivity contribution in [2.24, 2.45) is 5.73 Å². The Morgan fingerprint density at radius 3 is 2.88 bits per heavy atom. The Bertz CT molecular complexity index is 573. The van der Waals surface area contributed by atoms with E-state index >= 15 is 0 Å². The average molecular weight is 212 g/mol. The van der Waals surface area contributed by atoms with E-state index < -0.39 is 5.91 Å². The van der Waals surface area contributed by atoms with E-state index in [0.29, 0.717) is 0 Å². The summed E-state index contributed by atoms with van der Waals surface area (Å²) in [6.45, 7) is 2.04. The second-order valence-electron chi connectivity index (χ2n) is 3.67. The number of pyridine rings is 1. The first-order valence-corrected chi connectivity index (χ1v) is 5.00. The normalized spacial score (nSPS) is 11.1. The molecule has 2 aromatic rings. The molecule has 0 bridgehead atoms. The van der Waals surface area contributed by atoms with E-state index in [1.54, 1.807) is 6.08 Å². The van der Waals surface area contributed by atoms with Gasteiger partial charge in [-0.05, 0) is 31.2 Å². The minimum atomic E-state index is -0.467. The number of aryl methyl sites for hydroxylation is 1. The molecule has 0 aliphatic carbocycles. The summed E-state index contributed by atoms with van der Waals surface area (Å²) < 4.78 is 0. The topological polar surface area (TPSA) is 56.0 Å². The van der Waals surface area contributed by atoms with E-state index in [9.17, 15) is 4.79 Å². The first-order chi connectivity index (χ1) is 7.65. The van der Waals surface area contributed by atoms with Crippen molar-refractivity contribution >= 4 is 22.9 Å². The molecule has 1 amide bonds. The van der Waals surface area contributed by atoms with Gasteiger partial charge in [-0.1, -0.05) is 17.7 Å². The van der Waals surface area contributed by atoms with Crippen molar-refractivity contribution < 1.29 is 4.79 Å². The van der Waals surface area contributed by atoms with Gasteiger partial charge in [0.25, 0.3) is 0 Å². The molecule has 80 valence electrons. The Hall–Kier alpha value is -2.16. The van der Waals surface area contributed by atoms with E-state index in [1.807, 2.05) is 31.2 Å². The number of nitrogens with two attached hydrogens (primary N) is 1. The van der Waals surface area contributed by atoms with Crippen LogP contribution >= 0.6 is 0 Å². The van der Waals surface area contributed by atoms with Crippen molar-refractivity contribution in [3.63, 3.8) is 0 Å². The van der Waals surface area contributed by atoms with E-state index in [0.717, 1.165) is 16.6 Å². The first kappa shape index (κ1) is 10.4. The Morgan fingerprint density at radius 2 is 2.12 bits per heavy atom. The number of aromatic nitrogens is 1. The number of primary amides is 1. The summed E-state index contributed by atoms with van der Waals surface area (Å²) in [6, 6.07) is 9.89. The zero-order chi connectivity index (χ0) is 11.5. The fraction of sp³-hybridized carbons (Fsp3) is 0.0769. The molecule has 1 aromatic heterocycles. The van der Waals surface area contributed by atoms with Crippen LogP contribution in [0.4, 0.5) is 0 Å². The maximum atomic E-state index is 10.6. The molecule has 0 fully saturated rings. The number of amides is 1. The monoisotopic (exact) mass is 212 g/mol. The molecule has 1 heterocycles. The number of fused-ring (bicyclic) bond motifs is 1. The lowest BCUT2D eigenvalue weighted by Crippen LogP contribution is -2.05. The molecule has 0 aliphatic heterocycles. The molecule has 0 atom stereocenters. The van der Waals surface area contributed by atoms with Crippen LogP contribution in [0.25, 0.3) is 17.0 Å². The molecule has 0 saturated carbocycles. The summed E-state index contributed by atoms with van der Waals surface area (Å²) in [7, 11) is 0. The van der Waals surface area contributed by atoms with Crippen LogP contribution in [0.15, 0.2) is 36.4 Å². The molecular weight excluding hydrogens is 200 g/mol. The van der Waals surface area contributed by atoms with E-state index in [-0.39, 0.29) is 0 Å². The van der Waals surface area contributed by atoms with Gasteiger partial charge < -0.3 is 5.73 Å². The molecular formula is C13H12N2O. The summed E-state index contributed by atoms with van der Waals surface area (Å²) in [5, 5.41) is 1.09. The maximum Gasteiger partial charge on any atom is 0.241 e. The number of carbonyl (C=O) groups excluding carboxylic acids is 1. The number of rotatable bonds is 2. The number of benzene rings is 1. The fourth-order valence-electron chi connectivity index (χ4n) is 1.52. The minimum absolute atomic E-state index is 0.467. The third kappa shape index (κ3) is 2.25. The molecule has 16 heavy (non-hydrogen) atoms. The fourth-order valence-corrected chi connectivity index (χ4v) is 1.52. The largest absolute Gasteiger partial charge is 0.366 e. The van der Waals surface area contributed by atoms with Gasteiger partial charge in [0, 0.05) is 11.5 Å². The summed E-state index contributed by atoms with van der Waals surface area (Å²) in [6.07, 6.45) is 2.92. The van der Waals surface area contributed by atoms with Gasteiger partial charge in [-0.3, -0.25) is 4.79 Å². The zero-order valence-electron chi connectivity index (χ0n) is 8.97. The second kappa shape index (κ2) is 4.14. The van der Waals surface area contributed by atoms with Crippen molar-refractivity contribution in [1.82, 2.24) is 4.98 Å². The smallest absolute Gasteiger partial charge is 0.241 e. The van der Waals surface area contributed by atoms with Crippen LogP contribution < -0.4 is 5.73 Å². The van der Waals surface area contributed by atoms with Gasteiger partial charge in [0.2, 0.25) is 5.91 Å². The Balaban J connectivity index is 2.44. The third-order valence-corrected chi connectivity index (χ3v) is 2.28. The van der Waals surface area contributed by atoms with Crippen LogP contribution in [0.5, 0.6) is 0 Å². The SMILES string of the molecule is Cc1ccc2nc(C=CC(N)=O)ccc2c1. The number of hydrogen-bond donors (Lipinski definition) is 1. The Kier molecular flexibility index (Phi) is 2.68. The lowest BCUT2D eigenvalue weighted by Gasteiger charge is -2.00. The zero-order valence-corrected chi connectivity index (χ0v) is 8.97. The van der Waals surface area contributed by atoms with Gasteiger partial charge in [-0.2, -0.15) is 0 Å². The molecule has 1 aromatic carbocycles. The quantitative estimate of drug-likeness (QED) is 0.774. The van der Waals surface area contributed by atoms with Gasteiger partial charge in [-0.15, -0.1) is 0 Å². The van der Waals surface area contributed by atoms with Crippen molar-refractivity contribution in [1.29, 1.82) is 0 Å². The highest BCUT2D eigenvalue weighted by atomic mass is 16.1. The van der Waals surface area contributed by atoms with Crippen LogP contribution in [-0.4, -0.2) is 10.9 Å². The third-order valence-electron chi connectivity index (χ3n) is 2.28. The summed E-state index contributed by atoms with van der Waals surface area (Å²) in [5.74, 6) is -0.467. The Labute approximate surface area is 93.6 Å². The van der Waals surface area contributed by atoms with Gasteiger partial charge in [0.15, 0.2) is 0 Å². The standard InChI is InChI=1S/C13H12N2O/c1-9-2-6-12-10(8-9)3-4-11(15-12)5-7-13(14)16/h2-8H,1H3,(H2,14,16). The lowest BCUT2D eigenvalue weighted by atomic mass is 10.1. The maximum absolute atomic E-state index is 10.6. The molecule has 0 saturated heterocycles. The van der Waals surface area contributed by atoms with Gasteiger partial charge in [0.1, 0.15) is 0 Å². The Morgan fingerprint density at radius 1 is 1.31 bits per heavy atom. The molecule has 0 aliphatic rings. The number of carbonyl (C=O) groups is 1. The van der Waals surface area contributed by atoms with Gasteiger partial charge in [-0.25, -0.2) is 4.98 Å². The summed E-state index contributed by atoms with van der Waals surface area (Å²) >= 11 is 0. The first-order valence-electron chi connectivity index (χ1n) is 5.00. The van der Waals surface area contributed by atoms with Crippen molar-refractivity contribution in [3.05, 3.63) is 47.7 Å². The van der Waals surface area contributed by atoms with Crippen LogP contribution in [0.1, 0.15) is 11.3 Å². The van der Waals surface area contributed by atoms with E-state index in [2.05, 4.69) is 11.1 Å². The summed E-state index contributed by atoms with van der Waals surface area (Å²) in [5.41, 5.74) is 7.87. The highest BCUT2D eigenvalue weighted by Gasteiger charge is 1.96. The summed E-state index contributed by atoms with van der Waals surface area (Å²) in [4.78, 5) is 15.0. The predicted molar refractivity (Wildman–Crippen MR) is 64.7 cm³/mol. The highest BCUT2D eigenvalue weighted by molar-refractivity contribution is 5.90. The lowest BCUT2D eigenvalue weighted by molar-refractivity contribution is -0.113. The van der Waals surface area contributed by atoms with Crippen molar-refractivity contribution in [2.45, 2.75) is 6.92 Å². The molecule has 0 unspecified atom stereocenters. The van der Waals surface area contributed by atoms with E-state index in [1.165, 1.54) is 11.6 Å². The van der Waals surface area contributed by atoms with E-state index in [4.69, 9.17) is 5.73 Å². The average Bonchev–Trinajstić information content (AvgIpc) is 2.26. The number of hydrogen-bond acceptors (Lipinski definition) is 2. The molecule has 3 heteroatoms. The molecule has 2 rings (SSSR count). The molecule has 3 nitrogen and oxygen atoms in total.